The van der Waals surface area contributed by atoms with E-state index in [9.17, 15) is 5.11 Å². The number of benzene rings is 3. The van der Waals surface area contributed by atoms with Crippen LogP contribution in [0, 0.1) is 0 Å². The third-order valence-corrected chi connectivity index (χ3v) is 5.82. The van der Waals surface area contributed by atoms with Crippen molar-refractivity contribution in [1.82, 2.24) is 14.1 Å². The summed E-state index contributed by atoms with van der Waals surface area (Å²) >= 11 is 0. The van der Waals surface area contributed by atoms with Crippen molar-refractivity contribution in [2.75, 3.05) is 0 Å². The summed E-state index contributed by atoms with van der Waals surface area (Å²) in [6.45, 7) is 2.15. The molecule has 0 aliphatic rings. The van der Waals surface area contributed by atoms with E-state index in [1.807, 2.05) is 6.07 Å². The molecule has 0 saturated heterocycles. The third-order valence-electron chi connectivity index (χ3n) is 5.82. The Morgan fingerprint density at radius 1 is 1.00 bits per heavy atom. The van der Waals surface area contributed by atoms with E-state index in [0.29, 0.717) is 0 Å². The second-order valence-electron chi connectivity index (χ2n) is 8.00. The van der Waals surface area contributed by atoms with Crippen LogP contribution in [0.4, 0.5) is 0 Å². The Bertz CT molecular complexity index is 1390. The summed E-state index contributed by atoms with van der Waals surface area (Å²) in [5.41, 5.74) is 5.23. The molecule has 5 aromatic rings. The number of imidazole rings is 1. The van der Waals surface area contributed by atoms with Gasteiger partial charge < -0.3 is 14.5 Å². The Kier molecular flexibility index (Phi) is 5.91. The highest BCUT2D eigenvalue weighted by molar-refractivity contribution is 6.12. The topological polar surface area (TPSA) is 64.6 Å². The van der Waals surface area contributed by atoms with E-state index in [1.165, 1.54) is 16.3 Å². The van der Waals surface area contributed by atoms with Crippen LogP contribution in [-0.2, 0) is 4.84 Å². The second kappa shape index (κ2) is 9.30. The number of aliphatic hydroxyl groups excluding tert-OH is 1. The smallest absolute Gasteiger partial charge is 0.310 e. The average Bonchev–Trinajstić information content (AvgIpc) is 3.51. The molecule has 0 saturated carbocycles. The second-order valence-corrected chi connectivity index (χ2v) is 8.00. The minimum absolute atomic E-state index is 0.760. The van der Waals surface area contributed by atoms with E-state index in [1.54, 1.807) is 12.4 Å². The summed E-state index contributed by atoms with van der Waals surface area (Å²) < 4.78 is 3.74. The highest BCUT2D eigenvalue weighted by atomic mass is 16.7. The molecule has 0 bridgehead atoms. The summed E-state index contributed by atoms with van der Waals surface area (Å²) in [6.07, 6.45) is 6.28. The van der Waals surface area contributed by atoms with Crippen LogP contribution in [0.2, 0.25) is 0 Å². The predicted octanol–water partition coefficient (Wildman–Crippen LogP) is 6.04. The number of aliphatic hydroxyl groups is 1. The molecule has 1 N–H and O–H groups in total. The Morgan fingerprint density at radius 3 is 2.58 bits per heavy atom. The Morgan fingerprint density at radius 2 is 1.79 bits per heavy atom. The molecule has 6 heteroatoms. The van der Waals surface area contributed by atoms with E-state index >= 15 is 0 Å². The first-order chi connectivity index (χ1) is 16.3. The number of oxime groups is 1. The zero-order chi connectivity index (χ0) is 22.6. The van der Waals surface area contributed by atoms with Gasteiger partial charge in [-0.05, 0) is 43.2 Å². The van der Waals surface area contributed by atoms with Gasteiger partial charge in [-0.1, -0.05) is 61.0 Å². The molecule has 0 aliphatic heterocycles. The van der Waals surface area contributed by atoms with Gasteiger partial charge in [-0.2, -0.15) is 0 Å². The van der Waals surface area contributed by atoms with Gasteiger partial charge in [0.2, 0.25) is 0 Å². The molecule has 166 valence electrons. The van der Waals surface area contributed by atoms with E-state index in [4.69, 9.17) is 4.84 Å². The van der Waals surface area contributed by atoms with Crippen molar-refractivity contribution in [2.45, 2.75) is 32.6 Å². The molecule has 0 amide bonds. The SMILES string of the molecule is CCCC/C(=N\OC(O)n1ccnc1)c1ccc2c(c1)c1ccccc1n2-c1ccccc1. The van der Waals surface area contributed by atoms with Gasteiger partial charge in [0.05, 0.1) is 23.1 Å². The standard InChI is InChI=1S/C27H26N4O2/c1-2-3-12-24(29-33-27(32)30-17-16-28-19-30)20-14-15-26-23(18-20)22-11-7-8-13-25(22)31(26)21-9-5-4-6-10-21/h4-11,13-19,27,32H,2-3,12H2,1H3/b29-24+. The first-order valence-electron chi connectivity index (χ1n) is 11.2. The minimum Gasteiger partial charge on any atom is -0.341 e. The maximum absolute atomic E-state index is 10.3. The van der Waals surface area contributed by atoms with E-state index in [0.717, 1.165) is 52.6 Å². The lowest BCUT2D eigenvalue weighted by atomic mass is 10.0. The molecule has 0 spiro atoms. The molecule has 3 aromatic carbocycles. The van der Waals surface area contributed by atoms with Gasteiger partial charge in [0.15, 0.2) is 0 Å². The lowest BCUT2D eigenvalue weighted by Crippen LogP contribution is -2.10. The van der Waals surface area contributed by atoms with Crippen LogP contribution in [0.5, 0.6) is 0 Å². The van der Waals surface area contributed by atoms with Crippen molar-refractivity contribution in [3.8, 4) is 5.69 Å². The van der Waals surface area contributed by atoms with Crippen LogP contribution < -0.4 is 0 Å². The first kappa shape index (κ1) is 21.0. The van der Waals surface area contributed by atoms with Gasteiger partial charge in [-0.3, -0.25) is 4.57 Å². The van der Waals surface area contributed by atoms with E-state index in [2.05, 4.69) is 88.4 Å². The predicted molar refractivity (Wildman–Crippen MR) is 131 cm³/mol. The van der Waals surface area contributed by atoms with Crippen molar-refractivity contribution >= 4 is 27.5 Å². The number of fused-ring (bicyclic) bond motifs is 3. The van der Waals surface area contributed by atoms with Crippen LogP contribution in [0.3, 0.4) is 0 Å². The Balaban J connectivity index is 1.60. The summed E-state index contributed by atoms with van der Waals surface area (Å²) in [5, 5.41) is 17.0. The van der Waals surface area contributed by atoms with Crippen LogP contribution in [0.1, 0.15) is 38.2 Å². The van der Waals surface area contributed by atoms with Crippen LogP contribution in [-0.4, -0.2) is 24.9 Å². The molecular formula is C27H26N4O2. The molecular weight excluding hydrogens is 412 g/mol. The largest absolute Gasteiger partial charge is 0.341 e. The third kappa shape index (κ3) is 4.13. The summed E-state index contributed by atoms with van der Waals surface area (Å²) in [5.74, 6) is 0. The molecule has 2 heterocycles. The molecule has 0 radical (unpaired) electrons. The monoisotopic (exact) mass is 438 g/mol. The normalized spacial score (nSPS) is 13.0. The summed E-state index contributed by atoms with van der Waals surface area (Å²) in [7, 11) is 0. The van der Waals surface area contributed by atoms with Gasteiger partial charge in [0, 0.05) is 34.4 Å². The Hall–Kier alpha value is -3.90. The van der Waals surface area contributed by atoms with E-state index < -0.39 is 6.41 Å². The molecule has 33 heavy (non-hydrogen) atoms. The highest BCUT2D eigenvalue weighted by Crippen LogP contribution is 2.33. The maximum atomic E-state index is 10.3. The van der Waals surface area contributed by atoms with Gasteiger partial charge in [-0.25, -0.2) is 4.98 Å². The maximum Gasteiger partial charge on any atom is 0.310 e. The lowest BCUT2D eigenvalue weighted by Gasteiger charge is -2.12. The fourth-order valence-electron chi connectivity index (χ4n) is 4.16. The number of unbranched alkanes of at least 4 members (excludes halogenated alkanes) is 1. The molecule has 5 rings (SSSR count). The van der Waals surface area contributed by atoms with Gasteiger partial charge >= 0.3 is 6.41 Å². The number of para-hydroxylation sites is 2. The zero-order valence-corrected chi connectivity index (χ0v) is 18.5. The van der Waals surface area contributed by atoms with Crippen molar-refractivity contribution < 1.29 is 9.94 Å². The fourth-order valence-corrected chi connectivity index (χ4v) is 4.16. The van der Waals surface area contributed by atoms with Gasteiger partial charge in [0.1, 0.15) is 0 Å². The van der Waals surface area contributed by atoms with E-state index in [-0.39, 0.29) is 0 Å². The fraction of sp³-hybridized carbons (Fsp3) is 0.185. The van der Waals surface area contributed by atoms with Gasteiger partial charge in [0.25, 0.3) is 0 Å². The van der Waals surface area contributed by atoms with Crippen molar-refractivity contribution in [1.29, 1.82) is 0 Å². The number of nitrogens with zero attached hydrogens (tertiary/aromatic N) is 4. The Labute approximate surface area is 192 Å². The van der Waals surface area contributed by atoms with Crippen molar-refractivity contribution in [2.24, 2.45) is 5.16 Å². The molecule has 6 nitrogen and oxygen atoms in total. The van der Waals surface area contributed by atoms with Crippen LogP contribution in [0.25, 0.3) is 27.5 Å². The van der Waals surface area contributed by atoms with Crippen LogP contribution >= 0.6 is 0 Å². The first-order valence-corrected chi connectivity index (χ1v) is 11.2. The van der Waals surface area contributed by atoms with Crippen molar-refractivity contribution in [3.05, 3.63) is 97.1 Å². The molecule has 1 atom stereocenters. The van der Waals surface area contributed by atoms with Crippen LogP contribution in [0.15, 0.2) is 96.7 Å². The zero-order valence-electron chi connectivity index (χ0n) is 18.5. The number of rotatable bonds is 8. The summed E-state index contributed by atoms with van der Waals surface area (Å²) in [6, 6.07) is 25.3. The van der Waals surface area contributed by atoms with Crippen molar-refractivity contribution in [3.63, 3.8) is 0 Å². The minimum atomic E-state index is -1.21. The molecule has 0 fully saturated rings. The lowest BCUT2D eigenvalue weighted by molar-refractivity contribution is -0.152. The average molecular weight is 439 g/mol. The molecule has 1 unspecified atom stereocenters. The number of hydrogen-bond donors (Lipinski definition) is 1. The molecule has 0 aliphatic carbocycles. The highest BCUT2D eigenvalue weighted by Gasteiger charge is 2.15. The number of aromatic nitrogens is 3. The van der Waals surface area contributed by atoms with Gasteiger partial charge in [-0.15, -0.1) is 0 Å². The molecule has 2 aromatic heterocycles. The quantitative estimate of drug-likeness (QED) is 0.182. The number of hydrogen-bond acceptors (Lipinski definition) is 4. The summed E-state index contributed by atoms with van der Waals surface area (Å²) in [4.78, 5) is 9.38.